The molecule has 0 radical (unpaired) electrons. The van der Waals surface area contributed by atoms with Gasteiger partial charge in [-0.2, -0.15) is 5.26 Å². The summed E-state index contributed by atoms with van der Waals surface area (Å²) >= 11 is 6.06. The van der Waals surface area contributed by atoms with E-state index in [-0.39, 0.29) is 0 Å². The van der Waals surface area contributed by atoms with Crippen LogP contribution in [0.3, 0.4) is 0 Å². The van der Waals surface area contributed by atoms with Crippen molar-refractivity contribution in [1.82, 2.24) is 9.97 Å². The second-order valence-electron chi connectivity index (χ2n) is 4.98. The van der Waals surface area contributed by atoms with E-state index in [9.17, 15) is 0 Å². The molecule has 1 unspecified atom stereocenters. The maximum atomic E-state index is 9.02. The molecule has 1 aromatic heterocycles. The number of nitrogens with zero attached hydrogens (tertiary/aromatic N) is 4. The van der Waals surface area contributed by atoms with Gasteiger partial charge in [0.25, 0.3) is 0 Å². The molecule has 1 aliphatic rings. The number of benzene rings is 1. The van der Waals surface area contributed by atoms with Crippen molar-refractivity contribution >= 4 is 23.1 Å². The summed E-state index contributed by atoms with van der Waals surface area (Å²) in [7, 11) is 0. The zero-order chi connectivity index (χ0) is 14.7. The van der Waals surface area contributed by atoms with Gasteiger partial charge in [0, 0.05) is 36.0 Å². The Morgan fingerprint density at radius 2 is 2.29 bits per heavy atom. The van der Waals surface area contributed by atoms with E-state index in [4.69, 9.17) is 16.9 Å². The summed E-state index contributed by atoms with van der Waals surface area (Å²) in [5.41, 5.74) is 1.58. The number of hydrogen-bond donors (Lipinski definition) is 1. The van der Waals surface area contributed by atoms with E-state index < -0.39 is 0 Å². The molecule has 0 saturated carbocycles. The molecule has 5 nitrogen and oxygen atoms in total. The molecular formula is C15H14ClN5. The van der Waals surface area contributed by atoms with E-state index >= 15 is 0 Å². The van der Waals surface area contributed by atoms with Gasteiger partial charge in [-0.05, 0) is 30.7 Å². The summed E-state index contributed by atoms with van der Waals surface area (Å²) in [4.78, 5) is 10.3. The quantitative estimate of drug-likeness (QED) is 0.944. The van der Waals surface area contributed by atoms with Crippen LogP contribution in [0.25, 0.3) is 0 Å². The number of rotatable bonds is 3. The molecule has 1 fully saturated rings. The van der Waals surface area contributed by atoms with Crippen LogP contribution in [0.4, 0.5) is 11.5 Å². The lowest BCUT2D eigenvalue weighted by molar-refractivity contribution is 0.799. The highest BCUT2D eigenvalue weighted by Crippen LogP contribution is 2.26. The molecule has 2 aromatic rings. The predicted octanol–water partition coefficient (Wildman–Crippen LogP) is 2.69. The molecule has 0 spiro atoms. The maximum Gasteiger partial charge on any atom is 0.129 e. The fourth-order valence-electron chi connectivity index (χ4n) is 2.52. The van der Waals surface area contributed by atoms with E-state index in [1.54, 1.807) is 12.3 Å². The average molecular weight is 300 g/mol. The van der Waals surface area contributed by atoms with E-state index in [1.807, 2.05) is 18.2 Å². The van der Waals surface area contributed by atoms with Crippen LogP contribution in [0.1, 0.15) is 12.0 Å². The third kappa shape index (κ3) is 3.23. The highest BCUT2D eigenvalue weighted by atomic mass is 35.5. The number of aromatic nitrogens is 2. The molecular weight excluding hydrogens is 286 g/mol. The smallest absolute Gasteiger partial charge is 0.129 e. The minimum Gasteiger partial charge on any atom is -0.369 e. The minimum absolute atomic E-state index is 0.324. The molecule has 1 atom stereocenters. The van der Waals surface area contributed by atoms with Gasteiger partial charge in [-0.3, -0.25) is 0 Å². The molecule has 3 rings (SSSR count). The van der Waals surface area contributed by atoms with Gasteiger partial charge in [-0.1, -0.05) is 11.6 Å². The maximum absolute atomic E-state index is 9.02. The van der Waals surface area contributed by atoms with Crippen molar-refractivity contribution < 1.29 is 0 Å². The van der Waals surface area contributed by atoms with E-state index in [1.165, 1.54) is 6.33 Å². The largest absolute Gasteiger partial charge is 0.369 e. The lowest BCUT2D eigenvalue weighted by Crippen LogP contribution is -2.26. The van der Waals surface area contributed by atoms with Gasteiger partial charge in [0.1, 0.15) is 12.1 Å². The lowest BCUT2D eigenvalue weighted by atomic mass is 10.2. The summed E-state index contributed by atoms with van der Waals surface area (Å²) in [6, 6.07) is 9.77. The molecule has 0 aliphatic carbocycles. The van der Waals surface area contributed by atoms with E-state index in [0.29, 0.717) is 16.6 Å². The van der Waals surface area contributed by atoms with Crippen LogP contribution < -0.4 is 10.2 Å². The normalized spacial score (nSPS) is 17.5. The number of anilines is 2. The van der Waals surface area contributed by atoms with Crippen LogP contribution in [-0.4, -0.2) is 29.1 Å². The van der Waals surface area contributed by atoms with Crippen LogP contribution in [0.5, 0.6) is 0 Å². The van der Waals surface area contributed by atoms with Crippen molar-refractivity contribution in [3.05, 3.63) is 47.4 Å². The monoisotopic (exact) mass is 299 g/mol. The first-order valence-corrected chi connectivity index (χ1v) is 7.10. The lowest BCUT2D eigenvalue weighted by Gasteiger charge is -2.19. The topological polar surface area (TPSA) is 64.8 Å². The third-order valence-corrected chi connectivity index (χ3v) is 3.72. The number of nitriles is 1. The zero-order valence-corrected chi connectivity index (χ0v) is 12.1. The number of nitrogens with one attached hydrogen (secondary N) is 1. The van der Waals surface area contributed by atoms with Gasteiger partial charge in [0.2, 0.25) is 0 Å². The first-order valence-electron chi connectivity index (χ1n) is 6.73. The summed E-state index contributed by atoms with van der Waals surface area (Å²) in [6.45, 7) is 1.78. The molecule has 1 N–H and O–H groups in total. The van der Waals surface area contributed by atoms with Crippen molar-refractivity contribution in [3.63, 3.8) is 0 Å². The molecule has 106 valence electrons. The first-order chi connectivity index (χ1) is 10.2. The second-order valence-corrected chi connectivity index (χ2v) is 5.42. The second kappa shape index (κ2) is 5.98. The van der Waals surface area contributed by atoms with Crippen LogP contribution in [0, 0.1) is 11.3 Å². The summed E-state index contributed by atoms with van der Waals surface area (Å²) in [5, 5.41) is 13.0. The Balaban J connectivity index is 1.70. The van der Waals surface area contributed by atoms with Crippen LogP contribution in [0.2, 0.25) is 5.02 Å². The molecule has 1 aliphatic heterocycles. The highest BCUT2D eigenvalue weighted by molar-refractivity contribution is 6.31. The third-order valence-electron chi connectivity index (χ3n) is 3.50. The molecule has 21 heavy (non-hydrogen) atoms. The molecule has 1 saturated heterocycles. The molecule has 0 amide bonds. The van der Waals surface area contributed by atoms with Crippen molar-refractivity contribution in [1.29, 1.82) is 5.26 Å². The fraction of sp³-hybridized carbons (Fsp3) is 0.267. The van der Waals surface area contributed by atoms with Gasteiger partial charge < -0.3 is 10.2 Å². The fourth-order valence-corrected chi connectivity index (χ4v) is 2.75. The van der Waals surface area contributed by atoms with Crippen molar-refractivity contribution in [2.45, 2.75) is 12.5 Å². The van der Waals surface area contributed by atoms with Crippen molar-refractivity contribution in [2.24, 2.45) is 0 Å². The van der Waals surface area contributed by atoms with Crippen LogP contribution in [0.15, 0.2) is 36.8 Å². The molecule has 2 heterocycles. The Bertz CT molecular complexity index is 668. The Morgan fingerprint density at radius 3 is 3.05 bits per heavy atom. The predicted molar refractivity (Wildman–Crippen MR) is 82.4 cm³/mol. The van der Waals surface area contributed by atoms with E-state index in [2.05, 4.69) is 26.3 Å². The Labute approximate surface area is 128 Å². The van der Waals surface area contributed by atoms with Gasteiger partial charge in [0.15, 0.2) is 0 Å². The highest BCUT2D eigenvalue weighted by Gasteiger charge is 2.23. The van der Waals surface area contributed by atoms with Crippen molar-refractivity contribution in [2.75, 3.05) is 23.3 Å². The van der Waals surface area contributed by atoms with Gasteiger partial charge in [-0.25, -0.2) is 9.97 Å². The van der Waals surface area contributed by atoms with Gasteiger partial charge in [0.05, 0.1) is 11.6 Å². The molecule has 1 aromatic carbocycles. The number of hydrogen-bond acceptors (Lipinski definition) is 5. The van der Waals surface area contributed by atoms with Crippen LogP contribution >= 0.6 is 11.6 Å². The Kier molecular flexibility index (Phi) is 3.89. The first kappa shape index (κ1) is 13.7. The zero-order valence-electron chi connectivity index (χ0n) is 11.3. The molecule has 0 bridgehead atoms. The van der Waals surface area contributed by atoms with E-state index in [0.717, 1.165) is 31.0 Å². The SMILES string of the molecule is N#Cc1cc(Cl)cc(N2CCC(Nc3ccncn3)C2)c1. The Hall–Kier alpha value is -2.32. The summed E-state index contributed by atoms with van der Waals surface area (Å²) < 4.78 is 0. The van der Waals surface area contributed by atoms with Gasteiger partial charge in [-0.15, -0.1) is 0 Å². The summed E-state index contributed by atoms with van der Waals surface area (Å²) in [6.07, 6.45) is 4.27. The number of halogens is 1. The average Bonchev–Trinajstić information content (AvgIpc) is 2.96. The van der Waals surface area contributed by atoms with Crippen molar-refractivity contribution in [3.8, 4) is 6.07 Å². The molecule has 6 heteroatoms. The van der Waals surface area contributed by atoms with Crippen LogP contribution in [-0.2, 0) is 0 Å². The Morgan fingerprint density at radius 1 is 1.38 bits per heavy atom. The van der Waals surface area contributed by atoms with Gasteiger partial charge >= 0.3 is 0 Å². The minimum atomic E-state index is 0.324. The summed E-state index contributed by atoms with van der Waals surface area (Å²) in [5.74, 6) is 0.834. The standard InChI is InChI=1S/C15H14ClN5/c16-12-5-11(8-17)6-14(7-12)21-4-2-13(9-21)20-15-1-3-18-10-19-15/h1,3,5-7,10,13H,2,4,9H2,(H,18,19,20).